The number of nitrogens with one attached hydrogen (secondary N) is 1. The van der Waals surface area contributed by atoms with Crippen molar-refractivity contribution in [2.24, 2.45) is 0 Å². The van der Waals surface area contributed by atoms with Crippen molar-refractivity contribution in [3.05, 3.63) is 60.0 Å². The topological polar surface area (TPSA) is 119 Å². The molecule has 1 aromatic carbocycles. The Bertz CT molecular complexity index is 1120. The molecule has 0 radical (unpaired) electrons. The van der Waals surface area contributed by atoms with Crippen molar-refractivity contribution in [2.75, 3.05) is 6.61 Å². The summed E-state index contributed by atoms with van der Waals surface area (Å²) in [5.74, 6) is 0. The number of hydrogen-bond donors (Lipinski definition) is 2. The minimum absolute atomic E-state index is 0.116. The fourth-order valence-corrected chi connectivity index (χ4v) is 5.12. The van der Waals surface area contributed by atoms with Gasteiger partial charge in [0.1, 0.15) is 5.69 Å². The first-order valence-electron chi connectivity index (χ1n) is 10.3. The molecule has 9 nitrogen and oxygen atoms in total. The largest absolute Gasteiger partial charge is 0.394 e. The number of aliphatic hydroxyl groups is 1. The van der Waals surface area contributed by atoms with E-state index in [0.717, 1.165) is 11.3 Å². The summed E-state index contributed by atoms with van der Waals surface area (Å²) in [5, 5.41) is 18.6. The predicted octanol–water partition coefficient (Wildman–Crippen LogP) is 2.27. The monoisotopic (exact) mass is 477 g/mol. The van der Waals surface area contributed by atoms with E-state index < -0.39 is 22.2 Å². The summed E-state index contributed by atoms with van der Waals surface area (Å²) in [6.45, 7) is 0.316. The van der Waals surface area contributed by atoms with E-state index in [1.165, 1.54) is 24.3 Å². The number of rotatable bonds is 8. The van der Waals surface area contributed by atoms with Crippen molar-refractivity contribution in [3.63, 3.8) is 0 Å². The van der Waals surface area contributed by atoms with Gasteiger partial charge in [-0.05, 0) is 55.7 Å². The zero-order valence-corrected chi connectivity index (χ0v) is 18.8. The van der Waals surface area contributed by atoms with Gasteiger partial charge in [-0.1, -0.05) is 16.8 Å². The van der Waals surface area contributed by atoms with Crippen LogP contribution in [0.2, 0.25) is 5.02 Å². The smallest absolute Gasteiger partial charge is 0.240 e. The minimum atomic E-state index is -3.74. The van der Waals surface area contributed by atoms with Crippen molar-refractivity contribution >= 4 is 21.6 Å². The summed E-state index contributed by atoms with van der Waals surface area (Å²) in [7, 11) is -3.74. The first-order chi connectivity index (χ1) is 15.4. The number of halogens is 1. The van der Waals surface area contributed by atoms with Crippen molar-refractivity contribution in [1.29, 1.82) is 0 Å². The van der Waals surface area contributed by atoms with Gasteiger partial charge >= 0.3 is 0 Å². The molecule has 3 aromatic rings. The number of pyridine rings is 1. The molecule has 1 saturated heterocycles. The van der Waals surface area contributed by atoms with E-state index in [0.29, 0.717) is 30.8 Å². The molecule has 0 unspecified atom stereocenters. The van der Waals surface area contributed by atoms with Crippen LogP contribution in [-0.2, 0) is 21.3 Å². The molecule has 1 aliphatic rings. The number of ether oxygens (including phenoxy) is 1. The number of benzene rings is 1. The third kappa shape index (κ3) is 5.51. The Morgan fingerprint density at radius 3 is 2.75 bits per heavy atom. The molecule has 3 atom stereocenters. The van der Waals surface area contributed by atoms with Crippen LogP contribution in [0.15, 0.2) is 59.9 Å². The summed E-state index contributed by atoms with van der Waals surface area (Å²) in [4.78, 5) is 4.21. The minimum Gasteiger partial charge on any atom is -0.394 e. The van der Waals surface area contributed by atoms with E-state index in [1.807, 2.05) is 18.3 Å². The highest BCUT2D eigenvalue weighted by molar-refractivity contribution is 7.89. The Balaban J connectivity index is 1.33. The van der Waals surface area contributed by atoms with Gasteiger partial charge in [0.2, 0.25) is 10.0 Å². The fourth-order valence-electron chi connectivity index (χ4n) is 3.69. The zero-order chi connectivity index (χ0) is 22.6. The summed E-state index contributed by atoms with van der Waals surface area (Å²) >= 11 is 5.84. The van der Waals surface area contributed by atoms with Crippen molar-refractivity contribution in [1.82, 2.24) is 24.7 Å². The molecule has 0 saturated carbocycles. The molecule has 4 rings (SSSR count). The highest BCUT2D eigenvalue weighted by Crippen LogP contribution is 2.24. The van der Waals surface area contributed by atoms with E-state index in [-0.39, 0.29) is 17.6 Å². The van der Waals surface area contributed by atoms with Gasteiger partial charge in [-0.15, -0.1) is 5.10 Å². The molecule has 0 aliphatic carbocycles. The van der Waals surface area contributed by atoms with Crippen LogP contribution < -0.4 is 4.72 Å². The maximum absolute atomic E-state index is 12.7. The fraction of sp³-hybridized carbons (Fsp3) is 0.381. The van der Waals surface area contributed by atoms with Crippen LogP contribution in [0.4, 0.5) is 0 Å². The first kappa shape index (κ1) is 22.8. The Labute approximate surface area is 191 Å². The van der Waals surface area contributed by atoms with Gasteiger partial charge in [-0.3, -0.25) is 9.67 Å². The SMILES string of the molecule is O=S(=O)(N[C@@H]1CC[C@H](CCn2cc(-c3cccnc3)nn2)O[C@H]1CO)c1ccc(Cl)cc1. The summed E-state index contributed by atoms with van der Waals surface area (Å²) < 4.78 is 35.7. The van der Waals surface area contributed by atoms with Gasteiger partial charge in [0.25, 0.3) is 0 Å². The molecule has 11 heteroatoms. The second kappa shape index (κ2) is 10.1. The third-order valence-corrected chi connectivity index (χ3v) is 7.16. The molecular formula is C21H24ClN5O4S. The predicted molar refractivity (Wildman–Crippen MR) is 118 cm³/mol. The molecule has 0 bridgehead atoms. The summed E-state index contributed by atoms with van der Waals surface area (Å²) in [5.41, 5.74) is 1.64. The number of nitrogens with zero attached hydrogens (tertiary/aromatic N) is 4. The lowest BCUT2D eigenvalue weighted by Gasteiger charge is -2.36. The molecule has 2 N–H and O–H groups in total. The molecule has 1 fully saturated rings. The molecule has 2 aromatic heterocycles. The third-order valence-electron chi connectivity index (χ3n) is 5.40. The van der Waals surface area contributed by atoms with E-state index in [1.54, 1.807) is 17.1 Å². The van der Waals surface area contributed by atoms with Crippen LogP contribution in [0.3, 0.4) is 0 Å². The van der Waals surface area contributed by atoms with E-state index >= 15 is 0 Å². The molecule has 32 heavy (non-hydrogen) atoms. The van der Waals surface area contributed by atoms with Crippen LogP contribution in [0.1, 0.15) is 19.3 Å². The molecule has 3 heterocycles. The second-order valence-corrected chi connectivity index (χ2v) is 9.79. The average molecular weight is 478 g/mol. The second-order valence-electron chi connectivity index (χ2n) is 7.64. The lowest BCUT2D eigenvalue weighted by atomic mass is 9.98. The van der Waals surface area contributed by atoms with Gasteiger partial charge in [-0.2, -0.15) is 0 Å². The standard InChI is InChI=1S/C21H24ClN5O4S/c22-16-3-6-18(7-4-16)32(29,30)25-19-8-5-17(31-21(19)14-28)9-11-27-13-20(24-26-27)15-2-1-10-23-12-15/h1-4,6-7,10,12-13,17,19,21,25,28H,5,8-9,11,14H2/t17-,19-,21+/m1/s1. The Kier molecular flexibility index (Phi) is 7.17. The van der Waals surface area contributed by atoms with Gasteiger partial charge in [0, 0.05) is 29.5 Å². The number of sulfonamides is 1. The van der Waals surface area contributed by atoms with Gasteiger partial charge in [0.15, 0.2) is 0 Å². The Hall–Kier alpha value is -2.37. The number of aryl methyl sites for hydroxylation is 1. The van der Waals surface area contributed by atoms with Crippen LogP contribution >= 0.6 is 11.6 Å². The van der Waals surface area contributed by atoms with Gasteiger partial charge in [-0.25, -0.2) is 13.1 Å². The van der Waals surface area contributed by atoms with Crippen LogP contribution in [0.25, 0.3) is 11.3 Å². The van der Waals surface area contributed by atoms with E-state index in [2.05, 4.69) is 20.0 Å². The lowest BCUT2D eigenvalue weighted by Crippen LogP contribution is -2.50. The molecule has 170 valence electrons. The number of aliphatic hydroxyl groups excluding tert-OH is 1. The van der Waals surface area contributed by atoms with Crippen molar-refractivity contribution < 1.29 is 18.3 Å². The quantitative estimate of drug-likeness (QED) is 0.510. The summed E-state index contributed by atoms with van der Waals surface area (Å²) in [6, 6.07) is 9.19. The molecule has 1 aliphatic heterocycles. The zero-order valence-electron chi connectivity index (χ0n) is 17.2. The number of aromatic nitrogens is 4. The van der Waals surface area contributed by atoms with E-state index in [4.69, 9.17) is 16.3 Å². The average Bonchev–Trinajstić information content (AvgIpc) is 3.28. The van der Waals surface area contributed by atoms with Crippen LogP contribution in [0.5, 0.6) is 0 Å². The molecule has 0 amide bonds. The normalized spacial score (nSPS) is 21.5. The van der Waals surface area contributed by atoms with Crippen molar-refractivity contribution in [2.45, 2.75) is 49.0 Å². The van der Waals surface area contributed by atoms with Crippen LogP contribution in [0, 0.1) is 0 Å². The first-order valence-corrected chi connectivity index (χ1v) is 12.2. The maximum atomic E-state index is 12.7. The Morgan fingerprint density at radius 1 is 1.22 bits per heavy atom. The molecule has 0 spiro atoms. The van der Waals surface area contributed by atoms with Crippen LogP contribution in [-0.4, -0.2) is 58.4 Å². The highest BCUT2D eigenvalue weighted by atomic mass is 35.5. The lowest BCUT2D eigenvalue weighted by molar-refractivity contribution is -0.0891. The highest BCUT2D eigenvalue weighted by Gasteiger charge is 2.33. The number of hydrogen-bond acceptors (Lipinski definition) is 7. The Morgan fingerprint density at radius 2 is 2.03 bits per heavy atom. The van der Waals surface area contributed by atoms with Gasteiger partial charge < -0.3 is 9.84 Å². The summed E-state index contributed by atoms with van der Waals surface area (Å²) in [6.07, 6.45) is 6.43. The van der Waals surface area contributed by atoms with Crippen molar-refractivity contribution in [3.8, 4) is 11.3 Å². The molecular weight excluding hydrogens is 454 g/mol. The van der Waals surface area contributed by atoms with Gasteiger partial charge in [0.05, 0.1) is 35.9 Å². The van der Waals surface area contributed by atoms with E-state index in [9.17, 15) is 13.5 Å². The maximum Gasteiger partial charge on any atom is 0.240 e.